The molecule has 0 aliphatic rings. The van der Waals surface area contributed by atoms with Gasteiger partial charge in [0.1, 0.15) is 0 Å². The van der Waals surface area contributed by atoms with Crippen molar-refractivity contribution >= 4 is 0 Å². The van der Waals surface area contributed by atoms with Crippen LogP contribution in [0, 0.1) is 0 Å². The van der Waals surface area contributed by atoms with E-state index in [9.17, 15) is 0 Å². The van der Waals surface area contributed by atoms with Crippen LogP contribution in [0.4, 0.5) is 0 Å². The molecule has 0 aliphatic heterocycles. The van der Waals surface area contributed by atoms with Crippen molar-refractivity contribution in [2.75, 3.05) is 0 Å². The third-order valence-electron chi connectivity index (χ3n) is 0. The van der Waals surface area contributed by atoms with Crippen molar-refractivity contribution in [3.63, 3.8) is 0 Å². The SMILES string of the molecule is [CH3][W]([CH3])([CH3])([CH3])[CH3]. The number of rotatable bonds is 0. The van der Waals surface area contributed by atoms with Crippen LogP contribution in [0.1, 0.15) is 0 Å². The average Bonchev–Trinajstić information content (AvgIpc) is 0.650. The molecule has 0 heterocycles. The molecule has 41 valence electrons. The zero-order valence-electron chi connectivity index (χ0n) is 5.41. The summed E-state index contributed by atoms with van der Waals surface area (Å²) in [4.78, 5) is 0. The van der Waals surface area contributed by atoms with Gasteiger partial charge in [-0.25, -0.2) is 0 Å². The van der Waals surface area contributed by atoms with E-state index in [0.29, 0.717) is 0 Å². The first-order chi connectivity index (χ1) is 2.24. The van der Waals surface area contributed by atoms with Crippen LogP contribution in [-0.2, 0) is 14.8 Å². The van der Waals surface area contributed by atoms with E-state index in [4.69, 9.17) is 0 Å². The van der Waals surface area contributed by atoms with Gasteiger partial charge in [0, 0.05) is 0 Å². The minimum atomic E-state index is -1.75. The van der Waals surface area contributed by atoms with E-state index < -0.39 is 14.8 Å². The summed E-state index contributed by atoms with van der Waals surface area (Å²) < 4.78 is 0. The molecule has 0 aromatic heterocycles. The molecule has 0 aromatic carbocycles. The molecule has 0 rings (SSSR count). The van der Waals surface area contributed by atoms with E-state index in [2.05, 4.69) is 26.6 Å². The van der Waals surface area contributed by atoms with Crippen molar-refractivity contribution in [1.82, 2.24) is 0 Å². The summed E-state index contributed by atoms with van der Waals surface area (Å²) in [6.07, 6.45) is 0. The van der Waals surface area contributed by atoms with Crippen LogP contribution in [0.3, 0.4) is 0 Å². The van der Waals surface area contributed by atoms with Crippen molar-refractivity contribution < 1.29 is 14.8 Å². The molecule has 6 heavy (non-hydrogen) atoms. The van der Waals surface area contributed by atoms with E-state index >= 15 is 0 Å². The monoisotopic (exact) mass is 259 g/mol. The van der Waals surface area contributed by atoms with Gasteiger partial charge in [-0.3, -0.25) is 0 Å². The Balaban J connectivity index is 3.73. The van der Waals surface area contributed by atoms with Crippen LogP contribution in [0.5, 0.6) is 0 Å². The Morgan fingerprint density at radius 3 is 0.667 bits per heavy atom. The Kier molecular flexibility index (Phi) is 1.22. The van der Waals surface area contributed by atoms with Crippen LogP contribution in [0.2, 0.25) is 26.6 Å². The van der Waals surface area contributed by atoms with Crippen LogP contribution in [0.15, 0.2) is 0 Å². The van der Waals surface area contributed by atoms with Crippen LogP contribution in [-0.4, -0.2) is 0 Å². The Morgan fingerprint density at radius 2 is 0.667 bits per heavy atom. The number of hydrogen-bond acceptors (Lipinski definition) is 0. The van der Waals surface area contributed by atoms with Gasteiger partial charge in [-0.05, 0) is 0 Å². The molecule has 0 atom stereocenters. The fraction of sp³-hybridized carbons (Fsp3) is 1.00. The minimum absolute atomic E-state index is 1.75. The normalized spacial score (nSPS) is 19.2. The molecular formula is C5H15W. The van der Waals surface area contributed by atoms with Crippen LogP contribution < -0.4 is 0 Å². The molecule has 0 bridgehead atoms. The maximum atomic E-state index is 2.42. The molecule has 1 heteroatoms. The van der Waals surface area contributed by atoms with Gasteiger partial charge in [0.25, 0.3) is 0 Å². The Labute approximate surface area is 41.8 Å². The zero-order chi connectivity index (χ0) is 5.45. The summed E-state index contributed by atoms with van der Waals surface area (Å²) in [7, 11) is 0. The third-order valence-corrected chi connectivity index (χ3v) is 0. The second-order valence-electron chi connectivity index (χ2n) is 4.08. The zero-order valence-corrected chi connectivity index (χ0v) is 8.34. The Bertz CT molecular complexity index is 37.1. The van der Waals surface area contributed by atoms with Crippen molar-refractivity contribution in [3.05, 3.63) is 0 Å². The number of hydrogen-bond donors (Lipinski definition) is 0. The molecule has 0 N–H and O–H groups in total. The summed E-state index contributed by atoms with van der Waals surface area (Å²) in [5.41, 5.74) is 0. The first kappa shape index (κ1) is 6.69. The van der Waals surface area contributed by atoms with E-state index in [1.807, 2.05) is 0 Å². The first-order valence-corrected chi connectivity index (χ1v) is 16.7. The van der Waals surface area contributed by atoms with E-state index in [1.165, 1.54) is 0 Å². The quantitative estimate of drug-likeness (QED) is 0.627. The third kappa shape index (κ3) is 135. The van der Waals surface area contributed by atoms with Gasteiger partial charge >= 0.3 is 41.4 Å². The predicted octanol–water partition coefficient (Wildman–Crippen LogP) is 2.92. The summed E-state index contributed by atoms with van der Waals surface area (Å²) in [6.45, 7) is 0. The van der Waals surface area contributed by atoms with Gasteiger partial charge in [-0.2, -0.15) is 0 Å². The van der Waals surface area contributed by atoms with Gasteiger partial charge in [-0.1, -0.05) is 0 Å². The second-order valence-corrected chi connectivity index (χ2v) is 33.4. The second kappa shape index (κ2) is 1.09. The van der Waals surface area contributed by atoms with E-state index in [0.717, 1.165) is 0 Å². The molecule has 0 aliphatic carbocycles. The molecule has 0 radical (unpaired) electrons. The molecule has 0 spiro atoms. The summed E-state index contributed by atoms with van der Waals surface area (Å²) in [5.74, 6) is 0. The standard InChI is InChI=1S/5CH3.W/h5*1H3;. The Hall–Kier alpha value is 0.688. The summed E-state index contributed by atoms with van der Waals surface area (Å²) in [5, 5.41) is 12.1. The van der Waals surface area contributed by atoms with Gasteiger partial charge in [0.15, 0.2) is 0 Å². The van der Waals surface area contributed by atoms with Gasteiger partial charge < -0.3 is 0 Å². The average molecular weight is 259 g/mol. The van der Waals surface area contributed by atoms with Crippen LogP contribution >= 0.6 is 0 Å². The molecule has 0 saturated carbocycles. The molecule has 0 saturated heterocycles. The fourth-order valence-electron chi connectivity index (χ4n) is 0. The molecule has 0 fully saturated rings. The van der Waals surface area contributed by atoms with Crippen molar-refractivity contribution in [2.24, 2.45) is 0 Å². The molecular weight excluding hydrogens is 244 g/mol. The first-order valence-electron chi connectivity index (χ1n) is 2.04. The van der Waals surface area contributed by atoms with Gasteiger partial charge in [-0.15, -0.1) is 0 Å². The van der Waals surface area contributed by atoms with Crippen molar-refractivity contribution in [1.29, 1.82) is 0 Å². The molecule has 0 nitrogen and oxygen atoms in total. The molecule has 0 aromatic rings. The summed E-state index contributed by atoms with van der Waals surface area (Å²) in [6, 6.07) is 0. The van der Waals surface area contributed by atoms with E-state index in [-0.39, 0.29) is 0 Å². The molecule has 0 unspecified atom stereocenters. The Morgan fingerprint density at radius 1 is 0.667 bits per heavy atom. The maximum absolute atomic E-state index is 2.42. The fourth-order valence-corrected chi connectivity index (χ4v) is 0. The van der Waals surface area contributed by atoms with Crippen LogP contribution in [0.25, 0.3) is 0 Å². The van der Waals surface area contributed by atoms with E-state index in [1.54, 1.807) is 0 Å². The van der Waals surface area contributed by atoms with Crippen molar-refractivity contribution in [3.8, 4) is 0 Å². The summed E-state index contributed by atoms with van der Waals surface area (Å²) >= 11 is -1.75. The van der Waals surface area contributed by atoms with Crippen molar-refractivity contribution in [2.45, 2.75) is 26.6 Å². The molecule has 0 amide bonds. The topological polar surface area (TPSA) is 0 Å². The van der Waals surface area contributed by atoms with Gasteiger partial charge in [0.2, 0.25) is 0 Å². The van der Waals surface area contributed by atoms with Gasteiger partial charge in [0.05, 0.1) is 0 Å². The predicted molar refractivity (Wildman–Crippen MR) is 29.3 cm³/mol.